The second-order valence-corrected chi connectivity index (χ2v) is 9.08. The Morgan fingerprint density at radius 1 is 1.20 bits per heavy atom. The van der Waals surface area contributed by atoms with E-state index in [1.54, 1.807) is 6.07 Å². The molecule has 8 heteroatoms. The van der Waals surface area contributed by atoms with Gasteiger partial charge < -0.3 is 14.8 Å². The summed E-state index contributed by atoms with van der Waals surface area (Å²) < 4.78 is 52.3. The number of ether oxygens (including phenoxy) is 2. The number of allylic oxidation sites excluding steroid dienone is 1. The standard InChI is InChI=1S/C27H39F3N2O3/c1-6-18(3)25(32-26(19(4)7-2)23-11-10-14-31-23)21-12-13-24(22(17-21)27(28,29)30)35-16-9-8-15-34-20(5)33/h12-13,17,19,23,31H,6-11,14-16H2,1-5H3. The number of hydrogen-bond donors (Lipinski definition) is 1. The lowest BCUT2D eigenvalue weighted by molar-refractivity contribution is -0.141. The van der Waals surface area contributed by atoms with Crippen LogP contribution in [0.5, 0.6) is 5.75 Å². The molecule has 0 bridgehead atoms. The van der Waals surface area contributed by atoms with Crippen molar-refractivity contribution in [3.8, 4) is 5.75 Å². The van der Waals surface area contributed by atoms with Crippen LogP contribution in [0.3, 0.4) is 0 Å². The highest BCUT2D eigenvalue weighted by atomic mass is 19.4. The first kappa shape index (κ1) is 28.9. The van der Waals surface area contributed by atoms with Crippen LogP contribution in [0.25, 0.3) is 5.70 Å². The maximum absolute atomic E-state index is 14.0. The van der Waals surface area contributed by atoms with E-state index in [1.807, 2.05) is 13.8 Å². The fourth-order valence-corrected chi connectivity index (χ4v) is 4.01. The molecule has 1 aliphatic heterocycles. The average molecular weight is 497 g/mol. The lowest BCUT2D eigenvalue weighted by atomic mass is 9.94. The van der Waals surface area contributed by atoms with Crippen LogP contribution in [0, 0.1) is 5.92 Å². The first-order valence-electron chi connectivity index (χ1n) is 12.6. The van der Waals surface area contributed by atoms with Crippen molar-refractivity contribution in [2.75, 3.05) is 19.8 Å². The number of carbonyl (C=O) groups excluding carboxylic acids is 1. The van der Waals surface area contributed by atoms with E-state index in [0.29, 0.717) is 30.5 Å². The van der Waals surface area contributed by atoms with Gasteiger partial charge in [-0.1, -0.05) is 20.8 Å². The Balaban J connectivity index is 2.36. The maximum Gasteiger partial charge on any atom is 0.419 e. The Labute approximate surface area is 207 Å². The number of nitrogens with one attached hydrogen (secondary N) is 1. The molecule has 35 heavy (non-hydrogen) atoms. The minimum atomic E-state index is -4.56. The number of rotatable bonds is 12. The first-order chi connectivity index (χ1) is 16.6. The number of aliphatic imine (C=N–C) groups is 1. The molecule has 1 aliphatic rings. The zero-order chi connectivity index (χ0) is 26.0. The quantitative estimate of drug-likeness (QED) is 0.196. The Morgan fingerprint density at radius 3 is 2.49 bits per heavy atom. The van der Waals surface area contributed by atoms with Crippen LogP contribution in [0.1, 0.15) is 84.3 Å². The van der Waals surface area contributed by atoms with Crippen molar-refractivity contribution in [1.82, 2.24) is 5.32 Å². The summed E-state index contributed by atoms with van der Waals surface area (Å²) in [7, 11) is 0. The van der Waals surface area contributed by atoms with E-state index in [2.05, 4.69) is 19.2 Å². The number of hydrogen-bond acceptors (Lipinski definition) is 5. The van der Waals surface area contributed by atoms with Crippen molar-refractivity contribution in [3.63, 3.8) is 0 Å². The predicted octanol–water partition coefficient (Wildman–Crippen LogP) is 6.81. The van der Waals surface area contributed by atoms with Crippen molar-refractivity contribution >= 4 is 17.4 Å². The van der Waals surface area contributed by atoms with E-state index < -0.39 is 11.7 Å². The topological polar surface area (TPSA) is 59.9 Å². The van der Waals surface area contributed by atoms with Crippen LogP contribution < -0.4 is 10.1 Å². The summed E-state index contributed by atoms with van der Waals surface area (Å²) in [5.74, 6) is -0.359. The van der Waals surface area contributed by atoms with E-state index in [1.165, 1.54) is 13.0 Å². The lowest BCUT2D eigenvalue weighted by Gasteiger charge is -2.22. The van der Waals surface area contributed by atoms with Crippen molar-refractivity contribution in [3.05, 3.63) is 34.9 Å². The van der Waals surface area contributed by atoms with Gasteiger partial charge in [0.2, 0.25) is 0 Å². The van der Waals surface area contributed by atoms with Crippen molar-refractivity contribution in [2.45, 2.75) is 85.4 Å². The molecule has 1 fully saturated rings. The zero-order valence-electron chi connectivity index (χ0n) is 21.6. The monoisotopic (exact) mass is 496 g/mol. The molecule has 2 unspecified atom stereocenters. The molecule has 2 atom stereocenters. The van der Waals surface area contributed by atoms with Gasteiger partial charge in [0.15, 0.2) is 0 Å². The third-order valence-corrected chi connectivity index (χ3v) is 6.37. The third kappa shape index (κ3) is 8.67. The highest BCUT2D eigenvalue weighted by Gasteiger charge is 2.35. The van der Waals surface area contributed by atoms with E-state index in [-0.39, 0.29) is 36.9 Å². The molecule has 0 amide bonds. The highest BCUT2D eigenvalue weighted by Crippen LogP contribution is 2.39. The van der Waals surface area contributed by atoms with E-state index in [0.717, 1.165) is 43.2 Å². The Bertz CT molecular complexity index is 903. The molecule has 1 aromatic rings. The normalized spacial score (nSPS) is 18.3. The van der Waals surface area contributed by atoms with Crippen molar-refractivity contribution in [1.29, 1.82) is 0 Å². The predicted molar refractivity (Wildman–Crippen MR) is 134 cm³/mol. The van der Waals surface area contributed by atoms with Gasteiger partial charge in [0.25, 0.3) is 0 Å². The number of unbranched alkanes of at least 4 members (excludes halogenated alkanes) is 1. The minimum absolute atomic E-state index is 0.101. The van der Waals surface area contributed by atoms with Gasteiger partial charge in [-0.2, -0.15) is 13.2 Å². The fraction of sp³-hybridized carbons (Fsp3) is 0.630. The molecule has 1 heterocycles. The molecular weight excluding hydrogens is 457 g/mol. The average Bonchev–Trinajstić information content (AvgIpc) is 3.35. The van der Waals surface area contributed by atoms with E-state index in [4.69, 9.17) is 14.5 Å². The number of nitrogens with zero attached hydrogens (tertiary/aromatic N) is 1. The number of alkyl halides is 3. The van der Waals surface area contributed by atoms with Gasteiger partial charge in [-0.3, -0.25) is 9.79 Å². The smallest absolute Gasteiger partial charge is 0.419 e. The Kier molecular flexibility index (Phi) is 11.3. The number of benzene rings is 1. The number of halogens is 3. The molecule has 0 spiro atoms. The SMILES string of the molecule is CCC(C)=C(N=C(C(C)CC)C1CCCN1)c1ccc(OCCCCOC(C)=O)c(C(F)(F)F)c1. The zero-order valence-corrected chi connectivity index (χ0v) is 21.6. The second-order valence-electron chi connectivity index (χ2n) is 9.08. The molecule has 1 aromatic carbocycles. The van der Waals surface area contributed by atoms with Gasteiger partial charge in [-0.25, -0.2) is 0 Å². The van der Waals surface area contributed by atoms with Crippen LogP contribution in [0.2, 0.25) is 0 Å². The first-order valence-corrected chi connectivity index (χ1v) is 12.6. The molecule has 0 radical (unpaired) electrons. The molecule has 5 nitrogen and oxygen atoms in total. The molecule has 1 N–H and O–H groups in total. The fourth-order valence-electron chi connectivity index (χ4n) is 4.01. The highest BCUT2D eigenvalue weighted by molar-refractivity contribution is 5.96. The van der Waals surface area contributed by atoms with Crippen LogP contribution in [-0.2, 0) is 15.7 Å². The minimum Gasteiger partial charge on any atom is -0.493 e. The van der Waals surface area contributed by atoms with Crippen LogP contribution in [0.15, 0.2) is 28.8 Å². The van der Waals surface area contributed by atoms with Crippen LogP contribution in [0.4, 0.5) is 13.2 Å². The summed E-state index contributed by atoms with van der Waals surface area (Å²) in [6.45, 7) is 10.7. The lowest BCUT2D eigenvalue weighted by Crippen LogP contribution is -2.34. The molecular formula is C27H39F3N2O3. The van der Waals surface area contributed by atoms with Gasteiger partial charge in [0, 0.05) is 24.2 Å². The second kappa shape index (κ2) is 13.7. The van der Waals surface area contributed by atoms with Crippen LogP contribution in [-0.4, -0.2) is 37.5 Å². The summed E-state index contributed by atoms with van der Waals surface area (Å²) in [6, 6.07) is 4.36. The van der Waals surface area contributed by atoms with Gasteiger partial charge >= 0.3 is 12.1 Å². The Hall–Kier alpha value is -2.35. The summed E-state index contributed by atoms with van der Waals surface area (Å²) in [5.41, 5.74) is 2.19. The molecule has 0 aromatic heterocycles. The number of carbonyl (C=O) groups is 1. The van der Waals surface area contributed by atoms with Crippen molar-refractivity contribution < 1.29 is 27.4 Å². The van der Waals surface area contributed by atoms with E-state index >= 15 is 0 Å². The van der Waals surface area contributed by atoms with Gasteiger partial charge in [0.1, 0.15) is 5.75 Å². The largest absolute Gasteiger partial charge is 0.493 e. The third-order valence-electron chi connectivity index (χ3n) is 6.37. The Morgan fingerprint density at radius 2 is 1.91 bits per heavy atom. The van der Waals surface area contributed by atoms with Crippen molar-refractivity contribution in [2.24, 2.45) is 10.9 Å². The molecule has 0 aliphatic carbocycles. The van der Waals surface area contributed by atoms with Gasteiger partial charge in [-0.15, -0.1) is 0 Å². The van der Waals surface area contributed by atoms with E-state index in [9.17, 15) is 18.0 Å². The van der Waals surface area contributed by atoms with Crippen LogP contribution >= 0.6 is 0 Å². The maximum atomic E-state index is 14.0. The molecule has 196 valence electrons. The summed E-state index contributed by atoms with van der Waals surface area (Å²) >= 11 is 0. The molecule has 2 rings (SSSR count). The molecule has 1 saturated heterocycles. The van der Waals surface area contributed by atoms with Gasteiger partial charge in [0.05, 0.1) is 24.5 Å². The van der Waals surface area contributed by atoms with Gasteiger partial charge in [-0.05, 0) is 81.7 Å². The number of esters is 1. The summed E-state index contributed by atoms with van der Waals surface area (Å²) in [4.78, 5) is 15.8. The summed E-state index contributed by atoms with van der Waals surface area (Å²) in [6.07, 6.45) is 0.0781. The molecule has 0 saturated carbocycles. The summed E-state index contributed by atoms with van der Waals surface area (Å²) in [5, 5.41) is 3.49.